The van der Waals surface area contributed by atoms with Crippen LogP contribution in [0.1, 0.15) is 31.1 Å². The van der Waals surface area contributed by atoms with Gasteiger partial charge in [-0.2, -0.15) is 0 Å². The van der Waals surface area contributed by atoms with Gasteiger partial charge in [-0.05, 0) is 48.7 Å². The van der Waals surface area contributed by atoms with Crippen molar-refractivity contribution in [2.75, 3.05) is 6.26 Å². The van der Waals surface area contributed by atoms with Crippen molar-refractivity contribution in [2.45, 2.75) is 30.2 Å². The maximum Gasteiger partial charge on any atom is 0.175 e. The van der Waals surface area contributed by atoms with E-state index < -0.39 is 9.84 Å². The molecule has 6 rings (SSSR count). The lowest BCUT2D eigenvalue weighted by Crippen LogP contribution is -2.00. The van der Waals surface area contributed by atoms with Crippen LogP contribution in [0.4, 0.5) is 4.39 Å². The molecule has 166 valence electrons. The molecule has 0 N–H and O–H groups in total. The zero-order chi connectivity index (χ0) is 22.9. The van der Waals surface area contributed by atoms with E-state index in [4.69, 9.17) is 4.98 Å². The Kier molecular flexibility index (Phi) is 4.32. The predicted octanol–water partition coefficient (Wildman–Crippen LogP) is 4.89. The Labute approximate surface area is 191 Å². The van der Waals surface area contributed by atoms with Crippen LogP contribution < -0.4 is 0 Å². The molecule has 4 aromatic rings. The first-order chi connectivity index (χ1) is 15.8. The summed E-state index contributed by atoms with van der Waals surface area (Å²) in [4.78, 5) is 14.1. The molecule has 2 aliphatic rings. The highest BCUT2D eigenvalue weighted by molar-refractivity contribution is 7.90. The number of rotatable bonds is 4. The fourth-order valence-electron chi connectivity index (χ4n) is 4.91. The molecular formula is C25H21FN4O2S. The molecule has 0 spiro atoms. The van der Waals surface area contributed by atoms with E-state index in [0.29, 0.717) is 23.6 Å². The molecule has 6 nitrogen and oxygen atoms in total. The molecule has 4 heterocycles. The summed E-state index contributed by atoms with van der Waals surface area (Å²) < 4.78 is 39.4. The number of sulfone groups is 1. The summed E-state index contributed by atoms with van der Waals surface area (Å²) in [5.74, 6) is 1.65. The van der Waals surface area contributed by atoms with Crippen LogP contribution in [0.15, 0.2) is 65.8 Å². The normalized spacial score (nSPS) is 21.0. The van der Waals surface area contributed by atoms with Crippen LogP contribution in [0.3, 0.4) is 0 Å². The number of halogens is 1. The van der Waals surface area contributed by atoms with E-state index in [9.17, 15) is 12.8 Å². The Morgan fingerprint density at radius 1 is 1.00 bits per heavy atom. The van der Waals surface area contributed by atoms with Crippen molar-refractivity contribution in [3.63, 3.8) is 0 Å². The van der Waals surface area contributed by atoms with Gasteiger partial charge >= 0.3 is 0 Å². The number of pyridine rings is 2. The van der Waals surface area contributed by atoms with Crippen LogP contribution in [-0.4, -0.2) is 34.2 Å². The van der Waals surface area contributed by atoms with Gasteiger partial charge in [0.05, 0.1) is 28.2 Å². The molecule has 1 saturated carbocycles. The molecule has 8 heteroatoms. The highest BCUT2D eigenvalue weighted by Crippen LogP contribution is 2.60. The summed E-state index contributed by atoms with van der Waals surface area (Å²) in [7, 11) is -3.26. The lowest BCUT2D eigenvalue weighted by molar-refractivity contribution is 0.602. The minimum Gasteiger partial charge on any atom is -0.324 e. The maximum absolute atomic E-state index is 13.5. The number of benzene rings is 1. The van der Waals surface area contributed by atoms with Gasteiger partial charge < -0.3 is 4.57 Å². The Bertz CT molecular complexity index is 1490. The van der Waals surface area contributed by atoms with E-state index in [0.717, 1.165) is 40.5 Å². The van der Waals surface area contributed by atoms with Gasteiger partial charge in [-0.25, -0.2) is 17.8 Å². The first-order valence-corrected chi connectivity index (χ1v) is 12.7. The second kappa shape index (κ2) is 7.05. The molecule has 1 fully saturated rings. The second-order valence-electron chi connectivity index (χ2n) is 8.88. The van der Waals surface area contributed by atoms with E-state index in [2.05, 4.69) is 21.5 Å². The smallest absolute Gasteiger partial charge is 0.175 e. The molecule has 0 saturated heterocycles. The third kappa shape index (κ3) is 3.28. The van der Waals surface area contributed by atoms with Crippen LogP contribution >= 0.6 is 0 Å². The maximum atomic E-state index is 13.5. The van der Waals surface area contributed by atoms with Crippen LogP contribution in [0.5, 0.6) is 0 Å². The lowest BCUT2D eigenvalue weighted by atomic mass is 10.0. The summed E-state index contributed by atoms with van der Waals surface area (Å²) in [5.41, 5.74) is 4.86. The molecule has 1 aliphatic carbocycles. The van der Waals surface area contributed by atoms with E-state index in [1.807, 2.05) is 12.1 Å². The first kappa shape index (κ1) is 20.2. The molecule has 1 unspecified atom stereocenters. The highest BCUT2D eigenvalue weighted by atomic mass is 32.2. The van der Waals surface area contributed by atoms with Crippen LogP contribution in [0, 0.1) is 11.7 Å². The number of nitrogens with zero attached hydrogens (tertiary/aromatic N) is 4. The quantitative estimate of drug-likeness (QED) is 0.433. The van der Waals surface area contributed by atoms with E-state index >= 15 is 0 Å². The van der Waals surface area contributed by atoms with E-state index in [1.54, 1.807) is 36.5 Å². The zero-order valence-corrected chi connectivity index (χ0v) is 18.9. The number of fused-ring (bicyclic) bond motifs is 3. The van der Waals surface area contributed by atoms with Crippen molar-refractivity contribution in [2.24, 2.45) is 5.92 Å². The minimum atomic E-state index is -3.26. The van der Waals surface area contributed by atoms with Gasteiger partial charge in [0.15, 0.2) is 9.84 Å². The van der Waals surface area contributed by atoms with Crippen molar-refractivity contribution in [1.29, 1.82) is 0 Å². The third-order valence-electron chi connectivity index (χ3n) is 6.71. The number of aromatic nitrogens is 4. The highest BCUT2D eigenvalue weighted by Gasteiger charge is 2.53. The molecule has 1 aromatic carbocycles. The fourth-order valence-corrected chi connectivity index (χ4v) is 5.54. The molecule has 0 radical (unpaired) electrons. The second-order valence-corrected chi connectivity index (χ2v) is 10.9. The molecule has 3 atom stereocenters. The van der Waals surface area contributed by atoms with Gasteiger partial charge in [0.25, 0.3) is 0 Å². The monoisotopic (exact) mass is 460 g/mol. The van der Waals surface area contributed by atoms with Crippen LogP contribution in [-0.2, 0) is 9.84 Å². The standard InChI is InChI=1S/C25H21FN4O2S/c1-14-19-12-22(19)30-24(23(29-25(14)30)20-8-5-17(26)13-28-20)16-9-10-27-21(11-16)15-3-6-18(7-4-15)33(2,31)32/h3-11,13-14,19,22H,12H2,1-2H3/t14-,19?,22-/m0/s1. The molecule has 33 heavy (non-hydrogen) atoms. The van der Waals surface area contributed by atoms with Crippen molar-refractivity contribution in [1.82, 2.24) is 19.5 Å². The summed E-state index contributed by atoms with van der Waals surface area (Å²) in [5, 5.41) is 0. The van der Waals surface area contributed by atoms with Gasteiger partial charge in [0, 0.05) is 35.5 Å². The summed E-state index contributed by atoms with van der Waals surface area (Å²) in [6.07, 6.45) is 5.30. The Hall–Kier alpha value is -3.39. The van der Waals surface area contributed by atoms with Crippen LogP contribution in [0.25, 0.3) is 33.9 Å². The Morgan fingerprint density at radius 3 is 2.48 bits per heavy atom. The van der Waals surface area contributed by atoms with E-state index in [1.165, 1.54) is 18.5 Å². The van der Waals surface area contributed by atoms with Gasteiger partial charge in [-0.15, -0.1) is 0 Å². The fraction of sp³-hybridized carbons (Fsp3) is 0.240. The van der Waals surface area contributed by atoms with Crippen molar-refractivity contribution in [3.05, 3.63) is 72.6 Å². The van der Waals surface area contributed by atoms with Gasteiger partial charge in [-0.3, -0.25) is 9.97 Å². The summed E-state index contributed by atoms with van der Waals surface area (Å²) >= 11 is 0. The van der Waals surface area contributed by atoms with Gasteiger partial charge in [-0.1, -0.05) is 19.1 Å². The van der Waals surface area contributed by atoms with Crippen molar-refractivity contribution in [3.8, 4) is 33.9 Å². The van der Waals surface area contributed by atoms with Gasteiger partial charge in [0.1, 0.15) is 17.3 Å². The number of imidazole rings is 1. The largest absolute Gasteiger partial charge is 0.324 e. The zero-order valence-electron chi connectivity index (χ0n) is 18.1. The van der Waals surface area contributed by atoms with Crippen LogP contribution in [0.2, 0.25) is 0 Å². The molecule has 1 aliphatic heterocycles. The SMILES string of the molecule is C[C@@H]1c2nc(-c3ccc(F)cn3)c(-c3ccnc(-c4ccc(S(C)(=O)=O)cc4)c3)n2[C@H]2CC12. The van der Waals surface area contributed by atoms with Crippen molar-refractivity contribution >= 4 is 9.84 Å². The molecular weight excluding hydrogens is 439 g/mol. The summed E-state index contributed by atoms with van der Waals surface area (Å²) in [6, 6.07) is 14.2. The number of hydrogen-bond acceptors (Lipinski definition) is 5. The summed E-state index contributed by atoms with van der Waals surface area (Å²) in [6.45, 7) is 2.21. The van der Waals surface area contributed by atoms with Crippen molar-refractivity contribution < 1.29 is 12.8 Å². The molecule has 0 bridgehead atoms. The Morgan fingerprint density at radius 2 is 1.79 bits per heavy atom. The molecule has 3 aromatic heterocycles. The number of hydrogen-bond donors (Lipinski definition) is 0. The molecule has 0 amide bonds. The average molecular weight is 461 g/mol. The third-order valence-corrected chi connectivity index (χ3v) is 7.83. The van der Waals surface area contributed by atoms with Gasteiger partial charge in [0.2, 0.25) is 0 Å². The Balaban J connectivity index is 1.49. The average Bonchev–Trinajstić information content (AvgIpc) is 3.42. The lowest BCUT2D eigenvalue weighted by Gasteiger charge is -2.11. The minimum absolute atomic E-state index is 0.273. The first-order valence-electron chi connectivity index (χ1n) is 10.8. The predicted molar refractivity (Wildman–Crippen MR) is 123 cm³/mol. The van der Waals surface area contributed by atoms with E-state index in [-0.39, 0.29) is 10.7 Å². The topological polar surface area (TPSA) is 77.7 Å².